The van der Waals surface area contributed by atoms with Crippen LogP contribution in [0.3, 0.4) is 0 Å². The molecule has 9 nitrogen and oxygen atoms in total. The number of nitrogens with zero attached hydrogens (tertiary/aromatic N) is 8. The summed E-state index contributed by atoms with van der Waals surface area (Å²) < 4.78 is 6.05. The molecule has 0 unspecified atom stereocenters. The Hall–Kier alpha value is -7.40. The van der Waals surface area contributed by atoms with Crippen LogP contribution in [-0.2, 0) is 0 Å². The van der Waals surface area contributed by atoms with Gasteiger partial charge in [0.25, 0.3) is 0 Å². The lowest BCUT2D eigenvalue weighted by atomic mass is 9.85. The molecule has 9 heteroatoms. The summed E-state index contributed by atoms with van der Waals surface area (Å²) >= 11 is 0. The third kappa shape index (κ3) is 4.82. The fraction of sp³-hybridized carbons (Fsp3) is 0. The van der Waals surface area contributed by atoms with Gasteiger partial charge in [0.1, 0.15) is 35.3 Å². The van der Waals surface area contributed by atoms with Crippen LogP contribution in [0.15, 0.2) is 60.7 Å². The average molecular weight is 522 g/mol. The van der Waals surface area contributed by atoms with Crippen LogP contribution in [0, 0.1) is 90.6 Å². The molecule has 0 spiro atoms. The summed E-state index contributed by atoms with van der Waals surface area (Å²) in [5.74, 6) is -0.0792. The first-order valence-corrected chi connectivity index (χ1v) is 11.5. The molecule has 4 rings (SSSR count). The molecule has 41 heavy (non-hydrogen) atoms. The molecule has 184 valence electrons. The second-order valence-corrected chi connectivity index (χ2v) is 8.28. The lowest BCUT2D eigenvalue weighted by Crippen LogP contribution is -2.02. The van der Waals surface area contributed by atoms with E-state index in [1.807, 2.05) is 42.5 Å². The van der Waals surface area contributed by atoms with Gasteiger partial charge in [-0.05, 0) is 48.5 Å². The number of hydrogen-bond acceptors (Lipinski definition) is 9. The van der Waals surface area contributed by atoms with Crippen molar-refractivity contribution in [1.82, 2.24) is 0 Å². The first-order chi connectivity index (χ1) is 20.0. The van der Waals surface area contributed by atoms with Crippen LogP contribution in [0.5, 0.6) is 11.5 Å². The number of benzene rings is 4. The molecule has 4 aromatic carbocycles. The van der Waals surface area contributed by atoms with E-state index in [1.54, 1.807) is 0 Å². The SMILES string of the molecule is N#Cc1ccc(Oc2cc(-c3ccc(C#N)cc3C#N)c(C#N)c(-c3ccc(C#N)cc3C#N)c2C#N)c(C#N)c1. The van der Waals surface area contributed by atoms with Crippen molar-refractivity contribution in [3.05, 3.63) is 105 Å². The largest absolute Gasteiger partial charge is 0.455 e. The van der Waals surface area contributed by atoms with E-state index < -0.39 is 0 Å². The highest BCUT2D eigenvalue weighted by atomic mass is 16.5. The molecule has 0 saturated carbocycles. The van der Waals surface area contributed by atoms with Crippen molar-refractivity contribution in [2.75, 3.05) is 0 Å². The highest BCUT2D eigenvalue weighted by molar-refractivity contribution is 5.91. The molecule has 0 aromatic heterocycles. The van der Waals surface area contributed by atoms with E-state index in [9.17, 15) is 42.1 Å². The van der Waals surface area contributed by atoms with Crippen LogP contribution in [0.1, 0.15) is 44.5 Å². The highest BCUT2D eigenvalue weighted by Gasteiger charge is 2.25. The quantitative estimate of drug-likeness (QED) is 0.318. The molecular weight excluding hydrogens is 512 g/mol. The molecule has 0 saturated heterocycles. The molecule has 0 radical (unpaired) electrons. The molecular formula is C32H10N8O. The fourth-order valence-electron chi connectivity index (χ4n) is 4.21. The van der Waals surface area contributed by atoms with Crippen molar-refractivity contribution < 1.29 is 4.74 Å². The van der Waals surface area contributed by atoms with Crippen molar-refractivity contribution >= 4 is 0 Å². The average Bonchev–Trinajstić information content (AvgIpc) is 3.03. The van der Waals surface area contributed by atoms with E-state index in [0.717, 1.165) is 0 Å². The molecule has 0 heterocycles. The van der Waals surface area contributed by atoms with Crippen LogP contribution in [0.4, 0.5) is 0 Å². The van der Waals surface area contributed by atoms with Gasteiger partial charge in [-0.1, -0.05) is 12.1 Å². The maximum Gasteiger partial charge on any atom is 0.146 e. The summed E-state index contributed by atoms with van der Waals surface area (Å²) in [6.07, 6.45) is 0. The molecule has 0 aliphatic rings. The molecule has 0 atom stereocenters. The molecule has 0 amide bonds. The standard InChI is InChI=1S/C32H10N8O/c33-11-19-1-4-25(22(7-19)14-36)27-10-31(41-30-6-3-21(13-35)9-24(30)16-38)29(18-40)32(28(27)17-39)26-5-2-20(12-34)8-23(26)15-37/h1-10H. The molecule has 0 aliphatic heterocycles. The monoisotopic (exact) mass is 522 g/mol. The summed E-state index contributed by atoms with van der Waals surface area (Å²) in [5, 5.41) is 77.9. The molecule has 4 aromatic rings. The normalized spacial score (nSPS) is 9.27. The van der Waals surface area contributed by atoms with Gasteiger partial charge in [-0.3, -0.25) is 0 Å². The van der Waals surface area contributed by atoms with Gasteiger partial charge in [0.05, 0.1) is 69.3 Å². The van der Waals surface area contributed by atoms with Crippen LogP contribution < -0.4 is 4.74 Å². The van der Waals surface area contributed by atoms with Crippen molar-refractivity contribution in [2.45, 2.75) is 0 Å². The number of ether oxygens (including phenoxy) is 1. The Morgan fingerprint density at radius 3 is 1.39 bits per heavy atom. The Balaban J connectivity index is 2.16. The van der Waals surface area contributed by atoms with Gasteiger partial charge in [-0.25, -0.2) is 0 Å². The minimum atomic E-state index is -0.146. The van der Waals surface area contributed by atoms with Crippen LogP contribution in [0.25, 0.3) is 22.3 Å². The summed E-state index contributed by atoms with van der Waals surface area (Å²) in [5.41, 5.74) is 1.09. The Morgan fingerprint density at radius 2 is 0.878 bits per heavy atom. The van der Waals surface area contributed by atoms with Gasteiger partial charge in [-0.15, -0.1) is 0 Å². The maximum atomic E-state index is 10.3. The van der Waals surface area contributed by atoms with E-state index in [-0.39, 0.29) is 78.3 Å². The van der Waals surface area contributed by atoms with Gasteiger partial charge in [0.15, 0.2) is 0 Å². The Labute approximate surface area is 234 Å². The van der Waals surface area contributed by atoms with Crippen LogP contribution in [-0.4, -0.2) is 0 Å². The predicted octanol–water partition coefficient (Wildman–Crippen LogP) is 5.79. The number of hydrogen-bond donors (Lipinski definition) is 0. The summed E-state index contributed by atoms with van der Waals surface area (Å²) in [4.78, 5) is 0. The first kappa shape index (κ1) is 26.7. The van der Waals surface area contributed by atoms with E-state index in [0.29, 0.717) is 0 Å². The van der Waals surface area contributed by atoms with Crippen molar-refractivity contribution in [1.29, 1.82) is 42.1 Å². The number of nitriles is 8. The zero-order valence-electron chi connectivity index (χ0n) is 20.8. The maximum absolute atomic E-state index is 10.3. The van der Waals surface area contributed by atoms with E-state index in [4.69, 9.17) is 4.74 Å². The second-order valence-electron chi connectivity index (χ2n) is 8.28. The minimum absolute atomic E-state index is 0.00701. The van der Waals surface area contributed by atoms with Gasteiger partial charge in [0, 0.05) is 22.3 Å². The van der Waals surface area contributed by atoms with Crippen molar-refractivity contribution in [2.24, 2.45) is 0 Å². The number of rotatable bonds is 4. The topological polar surface area (TPSA) is 200 Å². The summed E-state index contributed by atoms with van der Waals surface area (Å²) in [6.45, 7) is 0. The van der Waals surface area contributed by atoms with E-state index in [1.165, 1.54) is 60.7 Å². The summed E-state index contributed by atoms with van der Waals surface area (Å²) in [7, 11) is 0. The first-order valence-electron chi connectivity index (χ1n) is 11.5. The van der Waals surface area contributed by atoms with Crippen molar-refractivity contribution in [3.63, 3.8) is 0 Å². The Bertz CT molecular complexity index is 2120. The third-order valence-electron chi connectivity index (χ3n) is 6.06. The second kappa shape index (κ2) is 11.3. The molecule has 0 aliphatic carbocycles. The highest BCUT2D eigenvalue weighted by Crippen LogP contribution is 2.43. The zero-order chi connectivity index (χ0) is 29.5. The van der Waals surface area contributed by atoms with E-state index in [2.05, 4.69) is 6.07 Å². The minimum Gasteiger partial charge on any atom is -0.455 e. The smallest absolute Gasteiger partial charge is 0.146 e. The van der Waals surface area contributed by atoms with Gasteiger partial charge < -0.3 is 4.74 Å². The Morgan fingerprint density at radius 1 is 0.390 bits per heavy atom. The third-order valence-corrected chi connectivity index (χ3v) is 6.06. The van der Waals surface area contributed by atoms with Gasteiger partial charge in [-0.2, -0.15) is 42.1 Å². The lowest BCUT2D eigenvalue weighted by molar-refractivity contribution is 0.480. The summed E-state index contributed by atoms with van der Waals surface area (Å²) in [6, 6.07) is 29.9. The van der Waals surface area contributed by atoms with Crippen LogP contribution >= 0.6 is 0 Å². The molecule has 0 N–H and O–H groups in total. The van der Waals surface area contributed by atoms with E-state index >= 15 is 0 Å². The van der Waals surface area contributed by atoms with Crippen LogP contribution in [0.2, 0.25) is 0 Å². The molecule has 0 bridgehead atoms. The predicted molar refractivity (Wildman–Crippen MR) is 142 cm³/mol. The Kier molecular flexibility index (Phi) is 7.37. The zero-order valence-corrected chi connectivity index (χ0v) is 20.8. The van der Waals surface area contributed by atoms with Gasteiger partial charge >= 0.3 is 0 Å². The fourth-order valence-corrected chi connectivity index (χ4v) is 4.21. The van der Waals surface area contributed by atoms with Crippen molar-refractivity contribution in [3.8, 4) is 82.3 Å². The molecule has 0 fully saturated rings. The lowest BCUT2D eigenvalue weighted by Gasteiger charge is -2.18. The van der Waals surface area contributed by atoms with Gasteiger partial charge in [0.2, 0.25) is 0 Å².